The van der Waals surface area contributed by atoms with Crippen molar-refractivity contribution < 1.29 is 4.42 Å². The first-order valence-electron chi connectivity index (χ1n) is 5.32. The van der Waals surface area contributed by atoms with Gasteiger partial charge in [0.2, 0.25) is 0 Å². The van der Waals surface area contributed by atoms with Crippen LogP contribution in [0.1, 0.15) is 20.8 Å². The third kappa shape index (κ3) is 2.97. The number of hydrogen-bond acceptors (Lipinski definition) is 4. The maximum atomic E-state index is 6.05. The summed E-state index contributed by atoms with van der Waals surface area (Å²) >= 11 is 6.05. The van der Waals surface area contributed by atoms with Crippen molar-refractivity contribution in [2.24, 2.45) is 0 Å². The van der Waals surface area contributed by atoms with E-state index in [1.165, 1.54) is 0 Å². The van der Waals surface area contributed by atoms with E-state index in [1.807, 2.05) is 39.0 Å². The van der Waals surface area contributed by atoms with Crippen LogP contribution >= 0.6 is 11.6 Å². The molecule has 0 unspecified atom stereocenters. The van der Waals surface area contributed by atoms with Gasteiger partial charge in [0, 0.05) is 5.54 Å². The summed E-state index contributed by atoms with van der Waals surface area (Å²) in [5.74, 6) is 0.419. The standard InChI is InChI=1S/C12H14ClN3O/c1-12(2,3)14-11-16-15-10(17-11)8-6-4-5-7-9(8)13/h4-7H,1-3H3,(H,14,16). The lowest BCUT2D eigenvalue weighted by molar-refractivity contribution is 0.538. The summed E-state index contributed by atoms with van der Waals surface area (Å²) in [6.07, 6.45) is 0. The highest BCUT2D eigenvalue weighted by molar-refractivity contribution is 6.33. The largest absolute Gasteiger partial charge is 0.403 e. The van der Waals surface area contributed by atoms with Gasteiger partial charge < -0.3 is 9.73 Å². The molecular formula is C12H14ClN3O. The van der Waals surface area contributed by atoms with Gasteiger partial charge >= 0.3 is 6.01 Å². The minimum absolute atomic E-state index is 0.121. The molecule has 17 heavy (non-hydrogen) atoms. The highest BCUT2D eigenvalue weighted by atomic mass is 35.5. The Hall–Kier alpha value is -1.55. The van der Waals surface area contributed by atoms with Crippen LogP contribution in [0.5, 0.6) is 0 Å². The van der Waals surface area contributed by atoms with E-state index >= 15 is 0 Å². The average Bonchev–Trinajstić information content (AvgIpc) is 2.64. The lowest BCUT2D eigenvalue weighted by Crippen LogP contribution is -2.26. The van der Waals surface area contributed by atoms with Crippen LogP contribution in [0.4, 0.5) is 6.01 Å². The summed E-state index contributed by atoms with van der Waals surface area (Å²) in [5, 5.41) is 11.6. The van der Waals surface area contributed by atoms with E-state index in [4.69, 9.17) is 16.0 Å². The molecule has 5 heteroatoms. The van der Waals surface area contributed by atoms with Crippen LogP contribution in [0.15, 0.2) is 28.7 Å². The minimum atomic E-state index is -0.121. The maximum Gasteiger partial charge on any atom is 0.316 e. The molecule has 1 N–H and O–H groups in total. The first-order chi connectivity index (χ1) is 7.96. The third-order valence-electron chi connectivity index (χ3n) is 2.01. The predicted octanol–water partition coefficient (Wildman–Crippen LogP) is 3.60. The zero-order chi connectivity index (χ0) is 12.5. The van der Waals surface area contributed by atoms with Gasteiger partial charge in [0.05, 0.1) is 10.6 Å². The summed E-state index contributed by atoms with van der Waals surface area (Å²) < 4.78 is 5.51. The quantitative estimate of drug-likeness (QED) is 0.886. The van der Waals surface area contributed by atoms with Gasteiger partial charge in [-0.25, -0.2) is 0 Å². The molecule has 2 aromatic rings. The van der Waals surface area contributed by atoms with E-state index in [2.05, 4.69) is 15.5 Å². The van der Waals surface area contributed by atoms with Crippen LogP contribution in [0.2, 0.25) is 5.02 Å². The topological polar surface area (TPSA) is 51.0 Å². The molecule has 0 saturated heterocycles. The molecule has 2 rings (SSSR count). The molecule has 90 valence electrons. The van der Waals surface area contributed by atoms with Gasteiger partial charge in [-0.2, -0.15) is 0 Å². The number of rotatable bonds is 2. The molecule has 0 aliphatic carbocycles. The van der Waals surface area contributed by atoms with Crippen molar-refractivity contribution in [2.75, 3.05) is 5.32 Å². The molecule has 1 aromatic heterocycles. The van der Waals surface area contributed by atoms with Gasteiger partial charge in [-0.3, -0.25) is 0 Å². The molecule has 0 fully saturated rings. The van der Waals surface area contributed by atoms with Gasteiger partial charge in [0.25, 0.3) is 5.89 Å². The second kappa shape index (κ2) is 4.37. The lowest BCUT2D eigenvalue weighted by Gasteiger charge is -2.17. The molecule has 0 amide bonds. The number of hydrogen-bond donors (Lipinski definition) is 1. The number of nitrogens with one attached hydrogen (secondary N) is 1. The van der Waals surface area contributed by atoms with Crippen LogP contribution in [0.3, 0.4) is 0 Å². The predicted molar refractivity (Wildman–Crippen MR) is 68.1 cm³/mol. The number of halogens is 1. The fraction of sp³-hybridized carbons (Fsp3) is 0.333. The smallest absolute Gasteiger partial charge is 0.316 e. The van der Waals surface area contributed by atoms with Crippen molar-refractivity contribution >= 4 is 17.6 Å². The first-order valence-corrected chi connectivity index (χ1v) is 5.70. The minimum Gasteiger partial charge on any atom is -0.403 e. The van der Waals surface area contributed by atoms with Gasteiger partial charge in [-0.15, -0.1) is 5.10 Å². The van der Waals surface area contributed by atoms with Gasteiger partial charge in [-0.05, 0) is 32.9 Å². The van der Waals surface area contributed by atoms with E-state index in [1.54, 1.807) is 6.07 Å². The first kappa shape index (κ1) is 11.9. The van der Waals surface area contributed by atoms with Crippen LogP contribution in [0.25, 0.3) is 11.5 Å². The van der Waals surface area contributed by atoms with E-state index in [9.17, 15) is 0 Å². The van der Waals surface area contributed by atoms with Crippen molar-refractivity contribution in [2.45, 2.75) is 26.3 Å². The Morgan fingerprint density at radius 2 is 1.88 bits per heavy atom. The van der Waals surface area contributed by atoms with E-state index in [0.29, 0.717) is 16.9 Å². The molecule has 0 radical (unpaired) electrons. The molecule has 0 spiro atoms. The number of nitrogens with zero attached hydrogens (tertiary/aromatic N) is 2. The second-order valence-electron chi connectivity index (χ2n) is 4.77. The highest BCUT2D eigenvalue weighted by Gasteiger charge is 2.16. The van der Waals surface area contributed by atoms with Crippen molar-refractivity contribution in [3.63, 3.8) is 0 Å². The van der Waals surface area contributed by atoms with Crippen molar-refractivity contribution in [1.29, 1.82) is 0 Å². The number of benzene rings is 1. The summed E-state index contributed by atoms with van der Waals surface area (Å²) in [6.45, 7) is 6.06. The van der Waals surface area contributed by atoms with Crippen molar-refractivity contribution in [3.8, 4) is 11.5 Å². The average molecular weight is 252 g/mol. The summed E-state index contributed by atoms with van der Waals surface area (Å²) in [7, 11) is 0. The Labute approximate surface area is 105 Å². The molecule has 4 nitrogen and oxygen atoms in total. The second-order valence-corrected chi connectivity index (χ2v) is 5.17. The van der Waals surface area contributed by atoms with Gasteiger partial charge in [0.15, 0.2) is 0 Å². The summed E-state index contributed by atoms with van der Waals surface area (Å²) in [5.41, 5.74) is 0.619. The van der Waals surface area contributed by atoms with E-state index in [0.717, 1.165) is 5.56 Å². The number of aromatic nitrogens is 2. The Morgan fingerprint density at radius 1 is 1.18 bits per heavy atom. The van der Waals surface area contributed by atoms with E-state index < -0.39 is 0 Å². The van der Waals surface area contributed by atoms with E-state index in [-0.39, 0.29) is 5.54 Å². The van der Waals surface area contributed by atoms with Crippen molar-refractivity contribution in [1.82, 2.24) is 10.2 Å². The zero-order valence-corrected chi connectivity index (χ0v) is 10.7. The normalized spacial score (nSPS) is 11.5. The van der Waals surface area contributed by atoms with Crippen LogP contribution < -0.4 is 5.32 Å². The maximum absolute atomic E-state index is 6.05. The molecule has 1 aromatic carbocycles. The van der Waals surface area contributed by atoms with Crippen LogP contribution in [-0.4, -0.2) is 15.7 Å². The summed E-state index contributed by atoms with van der Waals surface area (Å²) in [6, 6.07) is 7.76. The van der Waals surface area contributed by atoms with Crippen LogP contribution in [0, 0.1) is 0 Å². The van der Waals surface area contributed by atoms with Crippen molar-refractivity contribution in [3.05, 3.63) is 29.3 Å². The fourth-order valence-electron chi connectivity index (χ4n) is 1.34. The molecule has 0 saturated carbocycles. The number of anilines is 1. The molecule has 0 aliphatic heterocycles. The van der Waals surface area contributed by atoms with Gasteiger partial charge in [-0.1, -0.05) is 28.8 Å². The molecular weight excluding hydrogens is 238 g/mol. The molecule has 0 aliphatic rings. The Kier molecular flexibility index (Phi) is 3.07. The Bertz CT molecular complexity index is 516. The zero-order valence-electron chi connectivity index (χ0n) is 9.99. The lowest BCUT2D eigenvalue weighted by atomic mass is 10.1. The Morgan fingerprint density at radius 3 is 2.53 bits per heavy atom. The highest BCUT2D eigenvalue weighted by Crippen LogP contribution is 2.27. The third-order valence-corrected chi connectivity index (χ3v) is 2.34. The summed E-state index contributed by atoms with van der Waals surface area (Å²) in [4.78, 5) is 0. The monoisotopic (exact) mass is 251 g/mol. The fourth-order valence-corrected chi connectivity index (χ4v) is 1.55. The SMILES string of the molecule is CC(C)(C)Nc1nnc(-c2ccccc2Cl)o1. The molecule has 1 heterocycles. The molecule has 0 bridgehead atoms. The van der Waals surface area contributed by atoms with Crippen LogP contribution in [-0.2, 0) is 0 Å². The van der Waals surface area contributed by atoms with Gasteiger partial charge in [0.1, 0.15) is 0 Å². The molecule has 0 atom stereocenters. The Balaban J connectivity index is 2.28.